The van der Waals surface area contributed by atoms with Gasteiger partial charge in [-0.3, -0.25) is 4.99 Å². The SMILES string of the molecule is CN=CC1=C/C(C(C)(C)C)=C\C=C(C(C)C)\C=C\1. The average Bonchev–Trinajstić information content (AvgIpc) is 2.19. The maximum Gasteiger partial charge on any atom is 0.0281 e. The molecule has 0 amide bonds. The molecular formula is C17H25N. The Morgan fingerprint density at radius 3 is 2.28 bits per heavy atom. The van der Waals surface area contributed by atoms with Gasteiger partial charge in [0.1, 0.15) is 0 Å². The van der Waals surface area contributed by atoms with E-state index in [-0.39, 0.29) is 5.41 Å². The van der Waals surface area contributed by atoms with Crippen LogP contribution in [0, 0.1) is 11.3 Å². The first-order valence-corrected chi connectivity index (χ1v) is 6.59. The van der Waals surface area contributed by atoms with Crippen molar-refractivity contribution in [1.82, 2.24) is 0 Å². The van der Waals surface area contributed by atoms with Crippen LogP contribution in [-0.4, -0.2) is 13.3 Å². The fourth-order valence-corrected chi connectivity index (χ4v) is 1.79. The van der Waals surface area contributed by atoms with Crippen LogP contribution in [0.2, 0.25) is 0 Å². The van der Waals surface area contributed by atoms with Gasteiger partial charge in [0.15, 0.2) is 0 Å². The monoisotopic (exact) mass is 243 g/mol. The average molecular weight is 243 g/mol. The quantitative estimate of drug-likeness (QED) is 0.621. The molecule has 0 radical (unpaired) electrons. The standard InChI is InChI=1S/C17H25N/c1-13(2)15-8-7-14(12-18-6)11-16(10-9-15)17(3,4)5/h7-13H,1-6H3/b8-7+,10-9?,14-7?,14-11+,15-8?,15-9-,16-10+,16-11?,18-12?. The summed E-state index contributed by atoms with van der Waals surface area (Å²) in [6.45, 7) is 11.2. The molecule has 1 nitrogen and oxygen atoms in total. The summed E-state index contributed by atoms with van der Waals surface area (Å²) in [5.74, 6) is 0.539. The van der Waals surface area contributed by atoms with Gasteiger partial charge >= 0.3 is 0 Å². The van der Waals surface area contributed by atoms with Crippen LogP contribution >= 0.6 is 0 Å². The summed E-state index contributed by atoms with van der Waals surface area (Å²) in [6.07, 6.45) is 12.9. The molecule has 98 valence electrons. The van der Waals surface area contributed by atoms with Gasteiger partial charge in [0.2, 0.25) is 0 Å². The molecule has 0 saturated carbocycles. The van der Waals surface area contributed by atoms with Gasteiger partial charge < -0.3 is 0 Å². The molecule has 0 aromatic heterocycles. The lowest BCUT2D eigenvalue weighted by Gasteiger charge is -2.21. The highest BCUT2D eigenvalue weighted by Gasteiger charge is 2.15. The molecule has 0 unspecified atom stereocenters. The van der Waals surface area contributed by atoms with Crippen LogP contribution in [0.3, 0.4) is 0 Å². The molecule has 0 fully saturated rings. The van der Waals surface area contributed by atoms with E-state index in [9.17, 15) is 0 Å². The molecule has 0 saturated heterocycles. The maximum atomic E-state index is 4.13. The Hall–Kier alpha value is -1.37. The van der Waals surface area contributed by atoms with E-state index in [2.05, 4.69) is 70.0 Å². The molecule has 18 heavy (non-hydrogen) atoms. The summed E-state index contributed by atoms with van der Waals surface area (Å²) < 4.78 is 0. The van der Waals surface area contributed by atoms with Crippen LogP contribution in [0.25, 0.3) is 0 Å². The van der Waals surface area contributed by atoms with Crippen molar-refractivity contribution in [3.63, 3.8) is 0 Å². The summed E-state index contributed by atoms with van der Waals surface area (Å²) in [5.41, 5.74) is 3.99. The predicted molar refractivity (Wildman–Crippen MR) is 82.1 cm³/mol. The number of aliphatic imine (C=N–C) groups is 1. The van der Waals surface area contributed by atoms with E-state index in [0.29, 0.717) is 5.92 Å². The summed E-state index contributed by atoms with van der Waals surface area (Å²) in [7, 11) is 1.81. The first-order chi connectivity index (χ1) is 8.34. The van der Waals surface area contributed by atoms with Crippen molar-refractivity contribution in [3.8, 4) is 0 Å². The second-order valence-electron chi connectivity index (χ2n) is 6.06. The first-order valence-electron chi connectivity index (χ1n) is 6.59. The summed E-state index contributed by atoms with van der Waals surface area (Å²) in [5, 5.41) is 0. The zero-order chi connectivity index (χ0) is 13.8. The van der Waals surface area contributed by atoms with Crippen LogP contribution in [-0.2, 0) is 0 Å². The van der Waals surface area contributed by atoms with Crippen molar-refractivity contribution in [2.75, 3.05) is 7.05 Å². The minimum Gasteiger partial charge on any atom is -0.296 e. The van der Waals surface area contributed by atoms with Gasteiger partial charge in [-0.05, 0) is 34.1 Å². The fraction of sp³-hybridized carbons (Fsp3) is 0.471. The third-order valence-corrected chi connectivity index (χ3v) is 3.06. The Bertz CT molecular complexity index is 435. The van der Waals surface area contributed by atoms with Crippen molar-refractivity contribution in [3.05, 3.63) is 47.1 Å². The molecule has 0 aromatic rings. The lowest BCUT2D eigenvalue weighted by Crippen LogP contribution is -2.09. The lowest BCUT2D eigenvalue weighted by atomic mass is 9.83. The molecule has 0 aliphatic heterocycles. The van der Waals surface area contributed by atoms with Crippen molar-refractivity contribution in [2.24, 2.45) is 16.3 Å². The number of rotatable bonds is 2. The lowest BCUT2D eigenvalue weighted by molar-refractivity contribution is 0.517. The van der Waals surface area contributed by atoms with E-state index < -0.39 is 0 Å². The van der Waals surface area contributed by atoms with Gasteiger partial charge in [0.05, 0.1) is 0 Å². The molecule has 1 aliphatic rings. The molecule has 0 atom stereocenters. The Kier molecular flexibility index (Phi) is 4.89. The summed E-state index contributed by atoms with van der Waals surface area (Å²) in [6, 6.07) is 0. The highest BCUT2D eigenvalue weighted by Crippen LogP contribution is 2.29. The molecular weight excluding hydrogens is 218 g/mol. The largest absolute Gasteiger partial charge is 0.296 e. The van der Waals surface area contributed by atoms with E-state index in [4.69, 9.17) is 0 Å². The summed E-state index contributed by atoms with van der Waals surface area (Å²) >= 11 is 0. The molecule has 1 heteroatoms. The van der Waals surface area contributed by atoms with Crippen LogP contribution in [0.15, 0.2) is 52.1 Å². The number of hydrogen-bond acceptors (Lipinski definition) is 1. The Balaban J connectivity index is 3.25. The summed E-state index contributed by atoms with van der Waals surface area (Å²) in [4.78, 5) is 4.13. The van der Waals surface area contributed by atoms with Crippen molar-refractivity contribution in [2.45, 2.75) is 34.6 Å². The van der Waals surface area contributed by atoms with E-state index in [0.717, 1.165) is 5.57 Å². The number of nitrogens with zero attached hydrogens (tertiary/aromatic N) is 1. The van der Waals surface area contributed by atoms with Crippen LogP contribution in [0.5, 0.6) is 0 Å². The van der Waals surface area contributed by atoms with Gasteiger partial charge in [0, 0.05) is 13.3 Å². The third kappa shape index (κ3) is 4.14. The smallest absolute Gasteiger partial charge is 0.0281 e. The van der Waals surface area contributed by atoms with Gasteiger partial charge in [-0.15, -0.1) is 0 Å². The Labute approximate surface area is 112 Å². The van der Waals surface area contributed by atoms with Crippen molar-refractivity contribution >= 4 is 6.21 Å². The molecule has 0 N–H and O–H groups in total. The van der Waals surface area contributed by atoms with E-state index >= 15 is 0 Å². The van der Waals surface area contributed by atoms with Gasteiger partial charge in [-0.2, -0.15) is 0 Å². The number of hydrogen-bond donors (Lipinski definition) is 0. The number of allylic oxidation sites excluding steroid dienone is 8. The van der Waals surface area contributed by atoms with Crippen LogP contribution in [0.4, 0.5) is 0 Å². The molecule has 0 bridgehead atoms. The van der Waals surface area contributed by atoms with Gasteiger partial charge in [-0.25, -0.2) is 0 Å². The molecule has 0 heterocycles. The van der Waals surface area contributed by atoms with Crippen LogP contribution in [0.1, 0.15) is 34.6 Å². The molecule has 0 aromatic carbocycles. The maximum absolute atomic E-state index is 4.13. The molecule has 1 aliphatic carbocycles. The third-order valence-electron chi connectivity index (χ3n) is 3.06. The Morgan fingerprint density at radius 1 is 1.11 bits per heavy atom. The molecule has 0 spiro atoms. The second-order valence-corrected chi connectivity index (χ2v) is 6.06. The van der Waals surface area contributed by atoms with Gasteiger partial charge in [-0.1, -0.05) is 58.9 Å². The fourth-order valence-electron chi connectivity index (χ4n) is 1.79. The van der Waals surface area contributed by atoms with E-state index in [1.54, 1.807) is 0 Å². The van der Waals surface area contributed by atoms with Crippen molar-refractivity contribution < 1.29 is 0 Å². The zero-order valence-electron chi connectivity index (χ0n) is 12.5. The second kappa shape index (κ2) is 5.99. The van der Waals surface area contributed by atoms with Crippen molar-refractivity contribution in [1.29, 1.82) is 0 Å². The Morgan fingerprint density at radius 2 is 1.78 bits per heavy atom. The normalized spacial score (nSPS) is 27.8. The predicted octanol–water partition coefficient (Wildman–Crippen LogP) is 4.74. The highest BCUT2D eigenvalue weighted by molar-refractivity contribution is 5.83. The zero-order valence-corrected chi connectivity index (χ0v) is 12.5. The highest BCUT2D eigenvalue weighted by atomic mass is 14.6. The molecule has 1 rings (SSSR count). The van der Waals surface area contributed by atoms with E-state index in [1.165, 1.54) is 11.1 Å². The minimum atomic E-state index is 0.149. The minimum absolute atomic E-state index is 0.149. The topological polar surface area (TPSA) is 12.4 Å². The first kappa shape index (κ1) is 14.7. The van der Waals surface area contributed by atoms with Crippen LogP contribution < -0.4 is 0 Å². The van der Waals surface area contributed by atoms with Gasteiger partial charge in [0.25, 0.3) is 0 Å². The van der Waals surface area contributed by atoms with E-state index in [1.807, 2.05) is 13.3 Å².